The molecule has 0 unspecified atom stereocenters. The first-order valence-electron chi connectivity index (χ1n) is 9.40. The van der Waals surface area contributed by atoms with Crippen molar-refractivity contribution in [2.24, 2.45) is 0 Å². The summed E-state index contributed by atoms with van der Waals surface area (Å²) in [6.07, 6.45) is 6.28. The maximum atomic E-state index is 12.7. The molecule has 0 spiro atoms. The summed E-state index contributed by atoms with van der Waals surface area (Å²) in [6, 6.07) is 6.12. The van der Waals surface area contributed by atoms with Crippen LogP contribution in [0.5, 0.6) is 0 Å². The average molecular weight is 382 g/mol. The van der Waals surface area contributed by atoms with Crippen molar-refractivity contribution < 1.29 is 4.79 Å². The highest BCUT2D eigenvalue weighted by Gasteiger charge is 2.15. The number of aromatic nitrogens is 2. The molecule has 0 aliphatic heterocycles. The molecule has 1 amide bonds. The maximum Gasteiger partial charge on any atom is 0.262 e. The zero-order chi connectivity index (χ0) is 19.0. The molecular formula is C21H23N3O2S. The number of fused-ring (bicyclic) bond motifs is 2. The van der Waals surface area contributed by atoms with Gasteiger partial charge in [-0.15, -0.1) is 11.3 Å². The zero-order valence-corrected chi connectivity index (χ0v) is 16.5. The summed E-state index contributed by atoms with van der Waals surface area (Å²) < 4.78 is 1.54. The molecule has 0 radical (unpaired) electrons. The molecular weight excluding hydrogens is 358 g/mol. The van der Waals surface area contributed by atoms with E-state index in [0.717, 1.165) is 33.8 Å². The molecule has 0 saturated carbocycles. The van der Waals surface area contributed by atoms with Gasteiger partial charge < -0.3 is 5.32 Å². The lowest BCUT2D eigenvalue weighted by Crippen LogP contribution is -2.24. The highest BCUT2D eigenvalue weighted by Crippen LogP contribution is 2.28. The predicted molar refractivity (Wildman–Crippen MR) is 110 cm³/mol. The molecule has 0 fully saturated rings. The van der Waals surface area contributed by atoms with Gasteiger partial charge in [0.1, 0.15) is 4.83 Å². The van der Waals surface area contributed by atoms with Gasteiger partial charge in [0.15, 0.2) is 0 Å². The summed E-state index contributed by atoms with van der Waals surface area (Å²) in [7, 11) is 0. The first-order valence-corrected chi connectivity index (χ1v) is 10.2. The molecule has 3 aromatic rings. The van der Waals surface area contributed by atoms with Crippen molar-refractivity contribution in [3.63, 3.8) is 0 Å². The van der Waals surface area contributed by atoms with E-state index in [9.17, 15) is 9.59 Å². The van der Waals surface area contributed by atoms with Gasteiger partial charge >= 0.3 is 0 Å². The van der Waals surface area contributed by atoms with Gasteiger partial charge in [-0.05, 0) is 62.3 Å². The SMILES string of the molecule is Cc1sc2ncn(CCC(=O)Nc3cccc4c3CCCC4)c(=O)c2c1C. The Morgan fingerprint density at radius 1 is 1.26 bits per heavy atom. The Kier molecular flexibility index (Phi) is 4.83. The van der Waals surface area contributed by atoms with Crippen LogP contribution in [0.15, 0.2) is 29.3 Å². The van der Waals surface area contributed by atoms with Crippen LogP contribution in [-0.4, -0.2) is 15.5 Å². The van der Waals surface area contributed by atoms with E-state index in [1.54, 1.807) is 10.9 Å². The van der Waals surface area contributed by atoms with Crippen LogP contribution in [0.1, 0.15) is 40.8 Å². The van der Waals surface area contributed by atoms with Crippen LogP contribution in [-0.2, 0) is 24.2 Å². The van der Waals surface area contributed by atoms with Crippen LogP contribution >= 0.6 is 11.3 Å². The lowest BCUT2D eigenvalue weighted by Gasteiger charge is -2.19. The van der Waals surface area contributed by atoms with Crippen molar-refractivity contribution in [1.29, 1.82) is 0 Å². The van der Waals surface area contributed by atoms with Crippen LogP contribution in [0, 0.1) is 13.8 Å². The minimum Gasteiger partial charge on any atom is -0.326 e. The van der Waals surface area contributed by atoms with Crippen molar-refractivity contribution in [3.8, 4) is 0 Å². The first kappa shape index (κ1) is 17.9. The number of hydrogen-bond acceptors (Lipinski definition) is 4. The molecule has 6 heteroatoms. The van der Waals surface area contributed by atoms with Crippen molar-refractivity contribution in [2.45, 2.75) is 52.5 Å². The molecule has 1 aliphatic carbocycles. The maximum absolute atomic E-state index is 12.7. The average Bonchev–Trinajstić information content (AvgIpc) is 2.96. The molecule has 1 aromatic carbocycles. The smallest absolute Gasteiger partial charge is 0.262 e. The lowest BCUT2D eigenvalue weighted by atomic mass is 9.90. The molecule has 0 bridgehead atoms. The number of carbonyl (C=O) groups is 1. The topological polar surface area (TPSA) is 64.0 Å². The number of aryl methyl sites for hydroxylation is 4. The molecule has 1 N–H and O–H groups in total. The molecule has 140 valence electrons. The minimum absolute atomic E-state index is 0.0632. The Balaban J connectivity index is 1.49. The van der Waals surface area contributed by atoms with Crippen LogP contribution < -0.4 is 10.9 Å². The molecule has 2 heterocycles. The number of anilines is 1. The highest BCUT2D eigenvalue weighted by atomic mass is 32.1. The standard InChI is InChI=1S/C21H23N3O2S/c1-13-14(2)27-20-19(13)21(26)24(12-22-20)11-10-18(25)23-17-9-5-7-15-6-3-4-8-16(15)17/h5,7,9,12H,3-4,6,8,10-11H2,1-2H3,(H,23,25). The van der Waals surface area contributed by atoms with Gasteiger partial charge in [0, 0.05) is 23.5 Å². The number of benzene rings is 1. The summed E-state index contributed by atoms with van der Waals surface area (Å²) in [5.74, 6) is -0.0702. The van der Waals surface area contributed by atoms with Gasteiger partial charge in [-0.25, -0.2) is 4.98 Å². The first-order chi connectivity index (χ1) is 13.0. The lowest BCUT2D eigenvalue weighted by molar-refractivity contribution is -0.116. The van der Waals surface area contributed by atoms with E-state index in [1.165, 1.54) is 35.3 Å². The number of nitrogens with one attached hydrogen (secondary N) is 1. The zero-order valence-electron chi connectivity index (χ0n) is 15.7. The van der Waals surface area contributed by atoms with Crippen LogP contribution in [0.3, 0.4) is 0 Å². The van der Waals surface area contributed by atoms with Gasteiger partial charge in [-0.1, -0.05) is 12.1 Å². The van der Waals surface area contributed by atoms with Gasteiger partial charge in [0.2, 0.25) is 5.91 Å². The molecule has 0 atom stereocenters. The second-order valence-corrected chi connectivity index (χ2v) is 8.36. The van der Waals surface area contributed by atoms with Gasteiger partial charge in [0.05, 0.1) is 11.7 Å². The van der Waals surface area contributed by atoms with Crippen LogP contribution in [0.25, 0.3) is 10.2 Å². The Hall–Kier alpha value is -2.47. The summed E-state index contributed by atoms with van der Waals surface area (Å²) in [6.45, 7) is 4.28. The number of thiophene rings is 1. The summed E-state index contributed by atoms with van der Waals surface area (Å²) in [4.78, 5) is 31.5. The summed E-state index contributed by atoms with van der Waals surface area (Å²) in [5.41, 5.74) is 4.45. The summed E-state index contributed by atoms with van der Waals surface area (Å²) >= 11 is 1.54. The fourth-order valence-electron chi connectivity index (χ4n) is 3.76. The van der Waals surface area contributed by atoms with E-state index in [-0.39, 0.29) is 17.9 Å². The predicted octanol–water partition coefficient (Wildman–Crippen LogP) is 3.98. The van der Waals surface area contributed by atoms with E-state index < -0.39 is 0 Å². The Morgan fingerprint density at radius 2 is 2.07 bits per heavy atom. The Bertz CT molecular complexity index is 1080. The van der Waals surface area contributed by atoms with E-state index in [2.05, 4.69) is 16.4 Å². The highest BCUT2D eigenvalue weighted by molar-refractivity contribution is 7.18. The quantitative estimate of drug-likeness (QED) is 0.743. The Morgan fingerprint density at radius 3 is 2.93 bits per heavy atom. The number of rotatable bonds is 4. The number of carbonyl (C=O) groups excluding carboxylic acids is 1. The fraction of sp³-hybridized carbons (Fsp3) is 0.381. The minimum atomic E-state index is -0.0702. The molecule has 5 nitrogen and oxygen atoms in total. The number of hydrogen-bond donors (Lipinski definition) is 1. The second kappa shape index (κ2) is 7.27. The van der Waals surface area contributed by atoms with Crippen LogP contribution in [0.4, 0.5) is 5.69 Å². The van der Waals surface area contributed by atoms with Crippen molar-refractivity contribution >= 4 is 33.1 Å². The van der Waals surface area contributed by atoms with Gasteiger partial charge in [-0.2, -0.15) is 0 Å². The molecule has 4 rings (SSSR count). The number of nitrogens with zero attached hydrogens (tertiary/aromatic N) is 2. The largest absolute Gasteiger partial charge is 0.326 e. The van der Waals surface area contributed by atoms with Crippen molar-refractivity contribution in [1.82, 2.24) is 9.55 Å². The van der Waals surface area contributed by atoms with Crippen molar-refractivity contribution in [3.05, 3.63) is 56.4 Å². The second-order valence-electron chi connectivity index (χ2n) is 7.16. The summed E-state index contributed by atoms with van der Waals surface area (Å²) in [5, 5.41) is 3.72. The molecule has 0 saturated heterocycles. The van der Waals surface area contributed by atoms with E-state index in [4.69, 9.17) is 0 Å². The molecule has 27 heavy (non-hydrogen) atoms. The third-order valence-electron chi connectivity index (χ3n) is 5.41. The fourth-order valence-corrected chi connectivity index (χ4v) is 4.75. The number of amides is 1. The molecule has 2 aromatic heterocycles. The normalized spacial score (nSPS) is 13.6. The van der Waals surface area contributed by atoms with Gasteiger partial charge in [0.25, 0.3) is 5.56 Å². The van der Waals surface area contributed by atoms with Gasteiger partial charge in [-0.3, -0.25) is 14.2 Å². The van der Waals surface area contributed by atoms with Crippen molar-refractivity contribution in [2.75, 3.05) is 5.32 Å². The van der Waals surface area contributed by atoms with E-state index >= 15 is 0 Å². The van der Waals surface area contributed by atoms with E-state index in [0.29, 0.717) is 11.9 Å². The third-order valence-corrected chi connectivity index (χ3v) is 6.52. The van der Waals surface area contributed by atoms with E-state index in [1.807, 2.05) is 26.0 Å². The van der Waals surface area contributed by atoms with Crippen LogP contribution in [0.2, 0.25) is 0 Å². The molecule has 1 aliphatic rings. The monoisotopic (exact) mass is 381 g/mol. The Labute approximate surface area is 162 Å². The third kappa shape index (κ3) is 3.41.